The molecule has 2 N–H and O–H groups in total. The number of nitrogens with zero attached hydrogens (tertiary/aromatic N) is 2. The summed E-state index contributed by atoms with van der Waals surface area (Å²) in [6, 6.07) is 0. The van der Waals surface area contributed by atoms with Gasteiger partial charge in [0.25, 0.3) is 0 Å². The fourth-order valence-electron chi connectivity index (χ4n) is 7.59. The van der Waals surface area contributed by atoms with Crippen LogP contribution in [0.3, 0.4) is 0 Å². The molecule has 4 rings (SSSR count). The zero-order valence-corrected chi connectivity index (χ0v) is 23.1. The van der Waals surface area contributed by atoms with Gasteiger partial charge in [-0.15, -0.1) is 6.58 Å². The number of carbonyl (C=O) groups excluding carboxylic acids is 3. The van der Waals surface area contributed by atoms with Crippen molar-refractivity contribution in [3.63, 3.8) is 0 Å². The highest BCUT2D eigenvalue weighted by molar-refractivity contribution is 5.92. The zero-order valence-electron chi connectivity index (χ0n) is 23.1. The van der Waals surface area contributed by atoms with Crippen molar-refractivity contribution in [2.24, 2.45) is 16.7 Å². The van der Waals surface area contributed by atoms with E-state index in [1.165, 1.54) is 19.9 Å². The molecule has 1 aliphatic heterocycles. The van der Waals surface area contributed by atoms with E-state index in [4.69, 9.17) is 14.2 Å². The number of fused-ring (bicyclic) bond motifs is 3. The fraction of sp³-hybridized carbons (Fsp3) is 0.714. The molecule has 1 aromatic rings. The molecule has 0 amide bonds. The maximum absolute atomic E-state index is 14.0. The van der Waals surface area contributed by atoms with Crippen molar-refractivity contribution in [3.05, 3.63) is 31.4 Å². The van der Waals surface area contributed by atoms with E-state index >= 15 is 0 Å². The van der Waals surface area contributed by atoms with Crippen LogP contribution in [0.15, 0.2) is 31.4 Å². The van der Waals surface area contributed by atoms with Crippen LogP contribution in [0.5, 0.6) is 0 Å². The maximum Gasteiger partial charge on any atom is 0.308 e. The highest BCUT2D eigenvalue weighted by atomic mass is 16.6. The van der Waals surface area contributed by atoms with Gasteiger partial charge in [-0.05, 0) is 32.1 Å². The van der Waals surface area contributed by atoms with E-state index in [0.29, 0.717) is 19.4 Å². The van der Waals surface area contributed by atoms with Gasteiger partial charge < -0.3 is 29.0 Å². The van der Waals surface area contributed by atoms with Gasteiger partial charge in [0.05, 0.1) is 24.5 Å². The Morgan fingerprint density at radius 2 is 1.95 bits per heavy atom. The smallest absolute Gasteiger partial charge is 0.308 e. The number of aliphatic hydroxyl groups excluding tert-OH is 1. The van der Waals surface area contributed by atoms with Crippen molar-refractivity contribution >= 4 is 17.7 Å². The van der Waals surface area contributed by atoms with E-state index in [9.17, 15) is 24.6 Å². The Morgan fingerprint density at radius 1 is 1.26 bits per heavy atom. The highest BCUT2D eigenvalue weighted by Crippen LogP contribution is 2.67. The number of imidazole rings is 1. The van der Waals surface area contributed by atoms with Gasteiger partial charge in [-0.1, -0.05) is 26.8 Å². The lowest BCUT2D eigenvalue weighted by Crippen LogP contribution is -2.87. The third-order valence-corrected chi connectivity index (χ3v) is 9.40. The van der Waals surface area contributed by atoms with Crippen LogP contribution in [0, 0.1) is 16.7 Å². The van der Waals surface area contributed by atoms with Crippen molar-refractivity contribution in [2.75, 3.05) is 0 Å². The molecule has 0 radical (unpaired) electrons. The van der Waals surface area contributed by atoms with Crippen LogP contribution in [-0.4, -0.2) is 72.6 Å². The maximum atomic E-state index is 14.0. The van der Waals surface area contributed by atoms with Gasteiger partial charge in [0.15, 0.2) is 17.5 Å². The topological polar surface area (TPSA) is 137 Å². The molecule has 0 spiro atoms. The van der Waals surface area contributed by atoms with Crippen molar-refractivity contribution in [2.45, 2.75) is 109 Å². The number of ketones is 1. The monoisotopic (exact) mass is 532 g/mol. The lowest BCUT2D eigenvalue weighted by atomic mass is 9.39. The normalized spacial score (nSPS) is 41.9. The summed E-state index contributed by atoms with van der Waals surface area (Å²) in [5.41, 5.74) is -7.42. The van der Waals surface area contributed by atoms with Gasteiger partial charge in [0, 0.05) is 43.6 Å². The van der Waals surface area contributed by atoms with Gasteiger partial charge >= 0.3 is 11.9 Å². The van der Waals surface area contributed by atoms with Crippen LogP contribution in [0.4, 0.5) is 0 Å². The number of aliphatic hydroxyl groups is 2. The summed E-state index contributed by atoms with van der Waals surface area (Å²) < 4.78 is 20.2. The first-order valence-electron chi connectivity index (χ1n) is 13.2. The molecule has 2 aliphatic carbocycles. The first-order valence-corrected chi connectivity index (χ1v) is 13.2. The Hall–Kier alpha value is -2.56. The number of ether oxygens (including phenoxy) is 3. The molecule has 3 aliphatic rings. The van der Waals surface area contributed by atoms with Crippen LogP contribution in [0.2, 0.25) is 0 Å². The molecular weight excluding hydrogens is 492 g/mol. The SMILES string of the molecule is C=C[C@@]1(C)CC(=O)[C@]2(O)[C@@]3(C)[C@@H](O)CCC(C)(C)[C@@H]3[C@H](OC(=O)CCn3ccnc3)[C@H](OC(C)=O)[C@@]2(C)O1. The zero-order chi connectivity index (χ0) is 28.3. The highest BCUT2D eigenvalue weighted by Gasteiger charge is 2.82. The summed E-state index contributed by atoms with van der Waals surface area (Å²) in [4.78, 5) is 43.7. The third-order valence-electron chi connectivity index (χ3n) is 9.40. The number of rotatable bonds is 6. The first kappa shape index (κ1) is 28.4. The third kappa shape index (κ3) is 4.03. The summed E-state index contributed by atoms with van der Waals surface area (Å²) in [6.07, 6.45) is 3.52. The molecule has 0 unspecified atom stereocenters. The number of aromatic nitrogens is 2. The summed E-state index contributed by atoms with van der Waals surface area (Å²) in [7, 11) is 0. The van der Waals surface area contributed by atoms with E-state index in [1.807, 2.05) is 13.8 Å². The molecular formula is C28H40N2O8. The van der Waals surface area contributed by atoms with E-state index in [1.54, 1.807) is 37.1 Å². The Labute approximate surface area is 223 Å². The molecule has 2 heterocycles. The number of esters is 2. The Kier molecular flexibility index (Phi) is 6.94. The van der Waals surface area contributed by atoms with Crippen LogP contribution in [-0.2, 0) is 35.1 Å². The van der Waals surface area contributed by atoms with Crippen LogP contribution in [0.1, 0.15) is 67.2 Å². The summed E-state index contributed by atoms with van der Waals surface area (Å²) >= 11 is 0. The minimum Gasteiger partial charge on any atom is -0.458 e. The Bertz CT molecular complexity index is 1120. The van der Waals surface area contributed by atoms with Gasteiger partial charge in [-0.25, -0.2) is 4.98 Å². The minimum atomic E-state index is -2.26. The lowest BCUT2D eigenvalue weighted by Gasteiger charge is -2.71. The molecule has 2 saturated carbocycles. The van der Waals surface area contributed by atoms with Crippen molar-refractivity contribution in [1.29, 1.82) is 0 Å². The van der Waals surface area contributed by atoms with Crippen LogP contribution < -0.4 is 0 Å². The average Bonchev–Trinajstić information content (AvgIpc) is 3.34. The summed E-state index contributed by atoms with van der Waals surface area (Å²) in [5.74, 6) is -2.53. The molecule has 8 atom stereocenters. The standard InChI is InChI=1S/C28H40N2O8/c1-8-25(5)15-19(33)28(35)26(6)18(32)9-11-24(3,4)22(26)21(23(36-17(2)31)27(28,7)38-25)37-20(34)10-13-30-14-12-29-16-30/h8,12,14,16,18,21-23,32,35H,1,9-11,13,15H2,2-7H3/t18-,21-,22-,23-,25-,26-,27+,28-/m0/s1. The summed E-state index contributed by atoms with van der Waals surface area (Å²) in [5, 5.41) is 24.1. The molecule has 0 bridgehead atoms. The molecule has 1 saturated heterocycles. The van der Waals surface area contributed by atoms with Crippen molar-refractivity contribution in [1.82, 2.24) is 9.55 Å². The van der Waals surface area contributed by atoms with Crippen LogP contribution >= 0.6 is 0 Å². The number of hydrogen-bond acceptors (Lipinski definition) is 9. The van der Waals surface area contributed by atoms with Gasteiger partial charge in [-0.3, -0.25) is 14.4 Å². The quantitative estimate of drug-likeness (QED) is 0.418. The second-order valence-electron chi connectivity index (χ2n) is 12.4. The van der Waals surface area contributed by atoms with Gasteiger partial charge in [0.1, 0.15) is 11.7 Å². The molecule has 0 aromatic carbocycles. The number of aryl methyl sites for hydroxylation is 1. The fourth-order valence-corrected chi connectivity index (χ4v) is 7.59. The summed E-state index contributed by atoms with van der Waals surface area (Å²) in [6.45, 7) is 14.1. The van der Waals surface area contributed by atoms with Gasteiger partial charge in [0.2, 0.25) is 0 Å². The Balaban J connectivity index is 1.88. The molecule has 3 fully saturated rings. The van der Waals surface area contributed by atoms with Crippen LogP contribution in [0.25, 0.3) is 0 Å². The molecule has 10 heteroatoms. The minimum absolute atomic E-state index is 0.0111. The van der Waals surface area contributed by atoms with E-state index < -0.39 is 69.6 Å². The largest absolute Gasteiger partial charge is 0.458 e. The molecule has 1 aromatic heterocycles. The van der Waals surface area contributed by atoms with Gasteiger partial charge in [-0.2, -0.15) is 0 Å². The van der Waals surface area contributed by atoms with Crippen molar-refractivity contribution < 1.29 is 38.8 Å². The van der Waals surface area contributed by atoms with Crippen molar-refractivity contribution in [3.8, 4) is 0 Å². The molecule has 38 heavy (non-hydrogen) atoms. The lowest BCUT2D eigenvalue weighted by molar-refractivity contribution is -0.371. The number of Topliss-reactive ketones (excluding diaryl/α,β-unsaturated/α-hetero) is 1. The Morgan fingerprint density at radius 3 is 2.53 bits per heavy atom. The van der Waals surface area contributed by atoms with E-state index in [2.05, 4.69) is 11.6 Å². The predicted molar refractivity (Wildman–Crippen MR) is 136 cm³/mol. The second kappa shape index (κ2) is 9.27. The number of carbonyl (C=O) groups is 3. The average molecular weight is 533 g/mol. The molecule has 210 valence electrons. The van der Waals surface area contributed by atoms with E-state index in [-0.39, 0.29) is 12.8 Å². The van der Waals surface area contributed by atoms with E-state index in [0.717, 1.165) is 0 Å². The number of hydrogen-bond donors (Lipinski definition) is 2. The second-order valence-corrected chi connectivity index (χ2v) is 12.4. The first-order chi connectivity index (χ1) is 17.6. The predicted octanol–water partition coefficient (Wildman–Crippen LogP) is 2.36. The molecule has 10 nitrogen and oxygen atoms in total.